The van der Waals surface area contributed by atoms with E-state index in [2.05, 4.69) is 34.1 Å². The molecule has 0 spiro atoms. The van der Waals surface area contributed by atoms with Gasteiger partial charge in [0.25, 0.3) is 5.69 Å². The first kappa shape index (κ1) is 15.1. The quantitative estimate of drug-likeness (QED) is 0.455. The Morgan fingerprint density at radius 2 is 2.12 bits per heavy atom. The summed E-state index contributed by atoms with van der Waals surface area (Å²) in [6.07, 6.45) is 3.54. The summed E-state index contributed by atoms with van der Waals surface area (Å²) in [5.74, 6) is 0.641. The zero-order valence-corrected chi connectivity index (χ0v) is 13.6. The molecule has 4 aromatic rings. The zero-order chi connectivity index (χ0) is 17.6. The normalized spacial score (nSPS) is 11.5. The lowest BCUT2D eigenvalue weighted by Gasteiger charge is -2.05. The van der Waals surface area contributed by atoms with Crippen LogP contribution < -0.4 is 0 Å². The molecule has 9 heteroatoms. The molecule has 1 aromatic carbocycles. The number of nitro groups is 1. The smallest absolute Gasteiger partial charge is 0.270 e. The minimum absolute atomic E-state index is 0.00568. The first-order valence-corrected chi connectivity index (χ1v) is 7.78. The summed E-state index contributed by atoms with van der Waals surface area (Å²) in [7, 11) is 0. The molecule has 0 fully saturated rings. The van der Waals surface area contributed by atoms with Crippen LogP contribution in [0.1, 0.15) is 25.5 Å². The number of benzene rings is 1. The molecule has 1 N–H and O–H groups in total. The highest BCUT2D eigenvalue weighted by Crippen LogP contribution is 2.28. The van der Waals surface area contributed by atoms with Crippen molar-refractivity contribution in [3.8, 4) is 17.1 Å². The summed E-state index contributed by atoms with van der Waals surface area (Å²) in [5, 5.41) is 22.9. The number of fused-ring (bicyclic) bond motifs is 1. The van der Waals surface area contributed by atoms with Crippen molar-refractivity contribution in [1.82, 2.24) is 29.6 Å². The van der Waals surface area contributed by atoms with E-state index in [1.807, 2.05) is 12.3 Å². The zero-order valence-electron chi connectivity index (χ0n) is 13.6. The third kappa shape index (κ3) is 2.45. The number of rotatable bonds is 4. The number of hydrogen-bond acceptors (Lipinski definition) is 5. The minimum atomic E-state index is -0.433. The molecule has 9 nitrogen and oxygen atoms in total. The summed E-state index contributed by atoms with van der Waals surface area (Å²) < 4.78 is 3.33. The second kappa shape index (κ2) is 5.55. The van der Waals surface area contributed by atoms with Crippen molar-refractivity contribution >= 4 is 11.3 Å². The first-order chi connectivity index (χ1) is 12.0. The Kier molecular flexibility index (Phi) is 3.34. The molecule has 0 aliphatic heterocycles. The third-order valence-corrected chi connectivity index (χ3v) is 3.93. The van der Waals surface area contributed by atoms with Crippen molar-refractivity contribution in [3.05, 3.63) is 58.5 Å². The molecule has 3 heterocycles. The number of H-pyrrole nitrogens is 1. The van der Waals surface area contributed by atoms with Crippen LogP contribution in [-0.4, -0.2) is 34.5 Å². The van der Waals surface area contributed by atoms with Crippen molar-refractivity contribution in [2.45, 2.75) is 19.8 Å². The van der Waals surface area contributed by atoms with Gasteiger partial charge in [-0.2, -0.15) is 9.73 Å². The number of hydrogen-bond donors (Lipinski definition) is 1. The van der Waals surface area contributed by atoms with Crippen molar-refractivity contribution in [2.75, 3.05) is 0 Å². The Labute approximate surface area is 142 Å². The summed E-state index contributed by atoms with van der Waals surface area (Å²) in [5.41, 5.74) is 3.00. The molecule has 0 aliphatic carbocycles. The van der Waals surface area contributed by atoms with Gasteiger partial charge in [0.05, 0.1) is 10.6 Å². The number of nitro benzene ring substituents is 1. The molecule has 0 radical (unpaired) electrons. The molecule has 4 rings (SSSR count). The average Bonchev–Trinajstić information content (AvgIpc) is 3.29. The first-order valence-electron chi connectivity index (χ1n) is 7.78. The number of aromatic amines is 1. The van der Waals surface area contributed by atoms with Crippen LogP contribution >= 0.6 is 0 Å². The van der Waals surface area contributed by atoms with Gasteiger partial charge in [0.1, 0.15) is 5.69 Å². The fourth-order valence-corrected chi connectivity index (χ4v) is 2.74. The van der Waals surface area contributed by atoms with Gasteiger partial charge < -0.3 is 0 Å². The summed E-state index contributed by atoms with van der Waals surface area (Å²) in [6, 6.07) is 8.12. The number of nitrogens with one attached hydrogen (secondary N) is 1. The number of aromatic nitrogens is 6. The molecule has 0 atom stereocenters. The lowest BCUT2D eigenvalue weighted by molar-refractivity contribution is -0.384. The van der Waals surface area contributed by atoms with Crippen LogP contribution in [0.2, 0.25) is 0 Å². The van der Waals surface area contributed by atoms with E-state index in [9.17, 15) is 10.1 Å². The van der Waals surface area contributed by atoms with Gasteiger partial charge in [0, 0.05) is 30.1 Å². The molecule has 3 aromatic heterocycles. The van der Waals surface area contributed by atoms with Gasteiger partial charge in [0.15, 0.2) is 5.82 Å². The maximum atomic E-state index is 11.0. The van der Waals surface area contributed by atoms with E-state index < -0.39 is 4.92 Å². The van der Waals surface area contributed by atoms with Crippen molar-refractivity contribution in [2.24, 2.45) is 0 Å². The van der Waals surface area contributed by atoms with Gasteiger partial charge in [-0.3, -0.25) is 15.2 Å². The fourth-order valence-electron chi connectivity index (χ4n) is 2.74. The number of nitrogens with zero attached hydrogens (tertiary/aromatic N) is 6. The van der Waals surface area contributed by atoms with Crippen molar-refractivity contribution in [1.29, 1.82) is 0 Å². The predicted octanol–water partition coefficient (Wildman–Crippen LogP) is 2.94. The standard InChI is InChI=1S/C16H15N7O2/c1-10(2)13-14(21-8-4-7-17-21)16-18-15(20-22(16)19-13)11-5-3-6-12(9-11)23(24)25/h3-10,19H,1-2H3. The maximum absolute atomic E-state index is 11.0. The molecular formula is C16H15N7O2. The van der Waals surface area contributed by atoms with Gasteiger partial charge in [-0.25, -0.2) is 9.67 Å². The summed E-state index contributed by atoms with van der Waals surface area (Å²) in [6.45, 7) is 4.14. The van der Waals surface area contributed by atoms with E-state index >= 15 is 0 Å². The van der Waals surface area contributed by atoms with Crippen LogP contribution in [0.25, 0.3) is 22.7 Å². The van der Waals surface area contributed by atoms with Crippen LogP contribution in [0.3, 0.4) is 0 Å². The van der Waals surface area contributed by atoms with Crippen LogP contribution in [0, 0.1) is 10.1 Å². The Hall–Kier alpha value is -3.49. The Bertz CT molecular complexity index is 1060. The van der Waals surface area contributed by atoms with E-state index in [1.54, 1.807) is 27.6 Å². The highest BCUT2D eigenvalue weighted by Gasteiger charge is 2.21. The second-order valence-electron chi connectivity index (χ2n) is 5.96. The molecule has 0 saturated heterocycles. The summed E-state index contributed by atoms with van der Waals surface area (Å²) >= 11 is 0. The van der Waals surface area contributed by atoms with Gasteiger partial charge in [0.2, 0.25) is 5.65 Å². The third-order valence-electron chi connectivity index (χ3n) is 3.93. The lowest BCUT2D eigenvalue weighted by atomic mass is 10.1. The van der Waals surface area contributed by atoms with E-state index in [0.29, 0.717) is 17.0 Å². The Morgan fingerprint density at radius 3 is 2.80 bits per heavy atom. The monoisotopic (exact) mass is 337 g/mol. The molecular weight excluding hydrogens is 322 g/mol. The maximum Gasteiger partial charge on any atom is 0.270 e. The van der Waals surface area contributed by atoms with E-state index in [1.165, 1.54) is 12.1 Å². The molecule has 25 heavy (non-hydrogen) atoms. The highest BCUT2D eigenvalue weighted by atomic mass is 16.6. The van der Waals surface area contributed by atoms with Crippen LogP contribution in [0.15, 0.2) is 42.7 Å². The average molecular weight is 337 g/mol. The van der Waals surface area contributed by atoms with Gasteiger partial charge >= 0.3 is 0 Å². The molecule has 0 amide bonds. The van der Waals surface area contributed by atoms with Crippen LogP contribution in [-0.2, 0) is 0 Å². The van der Waals surface area contributed by atoms with Crippen molar-refractivity contribution in [3.63, 3.8) is 0 Å². The topological polar surface area (TPSA) is 107 Å². The minimum Gasteiger partial charge on any atom is -0.278 e. The largest absolute Gasteiger partial charge is 0.278 e. The van der Waals surface area contributed by atoms with E-state index in [4.69, 9.17) is 0 Å². The van der Waals surface area contributed by atoms with Gasteiger partial charge in [-0.05, 0) is 12.0 Å². The van der Waals surface area contributed by atoms with Crippen LogP contribution in [0.4, 0.5) is 5.69 Å². The molecule has 0 bridgehead atoms. The fraction of sp³-hybridized carbons (Fsp3) is 0.188. The van der Waals surface area contributed by atoms with E-state index in [0.717, 1.165) is 11.4 Å². The van der Waals surface area contributed by atoms with Crippen LogP contribution in [0.5, 0.6) is 0 Å². The Balaban J connectivity index is 1.89. The SMILES string of the molecule is CC(C)c1[nH]n2nc(-c3cccc([N+](=O)[O-])c3)nc2c1-n1cccn1. The molecule has 0 saturated carbocycles. The molecule has 0 unspecified atom stereocenters. The lowest BCUT2D eigenvalue weighted by Crippen LogP contribution is -2.00. The van der Waals surface area contributed by atoms with Crippen molar-refractivity contribution < 1.29 is 4.92 Å². The van der Waals surface area contributed by atoms with Gasteiger partial charge in [-0.1, -0.05) is 26.0 Å². The molecule has 0 aliphatic rings. The predicted molar refractivity (Wildman–Crippen MR) is 90.6 cm³/mol. The number of non-ortho nitro benzene ring substituents is 1. The van der Waals surface area contributed by atoms with Gasteiger partial charge in [-0.15, -0.1) is 5.10 Å². The second-order valence-corrected chi connectivity index (χ2v) is 5.96. The van der Waals surface area contributed by atoms with E-state index in [-0.39, 0.29) is 11.6 Å². The Morgan fingerprint density at radius 1 is 1.28 bits per heavy atom. The highest BCUT2D eigenvalue weighted by molar-refractivity contribution is 5.67. The molecule has 126 valence electrons. The summed E-state index contributed by atoms with van der Waals surface area (Å²) in [4.78, 5) is 15.1.